The molecule has 2 aromatic heterocycles. The minimum atomic E-state index is -0.273. The summed E-state index contributed by atoms with van der Waals surface area (Å²) in [6, 6.07) is 14.3. The Kier molecular flexibility index (Phi) is 3.34. The molecule has 0 bridgehead atoms. The lowest BCUT2D eigenvalue weighted by molar-refractivity contribution is -0.486. The Bertz CT molecular complexity index is 853. The summed E-state index contributed by atoms with van der Waals surface area (Å²) in [6.45, 7) is 6.19. The Morgan fingerprint density at radius 3 is 2.67 bits per heavy atom. The van der Waals surface area contributed by atoms with Crippen LogP contribution in [-0.2, 0) is 4.74 Å². The first-order chi connectivity index (χ1) is 10.1. The Hall–Kier alpha value is -2.42. The summed E-state index contributed by atoms with van der Waals surface area (Å²) in [5, 5.41) is 1.10. The van der Waals surface area contributed by atoms with Gasteiger partial charge < -0.3 is 4.74 Å². The van der Waals surface area contributed by atoms with E-state index in [0.29, 0.717) is 12.3 Å². The molecule has 0 N–H and O–H groups in total. The highest BCUT2D eigenvalue weighted by Gasteiger charge is 2.26. The van der Waals surface area contributed by atoms with Crippen LogP contribution in [0.15, 0.2) is 42.5 Å². The van der Waals surface area contributed by atoms with Crippen LogP contribution in [0.25, 0.3) is 16.4 Å². The van der Waals surface area contributed by atoms with Crippen molar-refractivity contribution in [3.63, 3.8) is 0 Å². The van der Waals surface area contributed by atoms with Gasteiger partial charge in [-0.3, -0.25) is 0 Å². The average Bonchev–Trinajstić information content (AvgIpc) is 2.48. The van der Waals surface area contributed by atoms with Gasteiger partial charge in [0, 0.05) is 29.1 Å². The van der Waals surface area contributed by atoms with Gasteiger partial charge in [0.2, 0.25) is 11.0 Å². The fraction of sp³-hybridized carbons (Fsp3) is 0.222. The number of esters is 1. The second kappa shape index (κ2) is 5.17. The Labute approximate surface area is 123 Å². The molecule has 0 radical (unpaired) electrons. The molecule has 0 aliphatic heterocycles. The van der Waals surface area contributed by atoms with E-state index in [-0.39, 0.29) is 5.97 Å². The molecule has 0 atom stereocenters. The molecular weight excluding hydrogens is 262 g/mol. The lowest BCUT2D eigenvalue weighted by Gasteiger charge is -2.07. The largest absolute Gasteiger partial charge is 0.458 e. The molecule has 0 spiro atoms. The van der Waals surface area contributed by atoms with Crippen LogP contribution in [0.3, 0.4) is 0 Å². The van der Waals surface area contributed by atoms with Crippen LogP contribution < -0.4 is 4.40 Å². The number of hydrogen-bond donors (Lipinski definition) is 0. The van der Waals surface area contributed by atoms with Crippen molar-refractivity contribution >= 4 is 22.4 Å². The molecule has 21 heavy (non-hydrogen) atoms. The number of carbonyl (C=O) groups is 1. The zero-order chi connectivity index (χ0) is 15.0. The number of aryl methyl sites for hydroxylation is 1. The quantitative estimate of drug-likeness (QED) is 0.409. The number of pyridine rings is 2. The summed E-state index contributed by atoms with van der Waals surface area (Å²) < 4.78 is 7.26. The number of para-hydroxylation sites is 1. The molecule has 3 aromatic rings. The van der Waals surface area contributed by atoms with Crippen LogP contribution in [0, 0.1) is 13.8 Å². The third kappa shape index (κ3) is 2.15. The maximum atomic E-state index is 12.4. The van der Waals surface area contributed by atoms with Crippen LogP contribution in [0.2, 0.25) is 0 Å². The highest BCUT2D eigenvalue weighted by Crippen LogP contribution is 2.18. The van der Waals surface area contributed by atoms with Gasteiger partial charge in [0.15, 0.2) is 0 Å². The number of fused-ring (bicyclic) bond motifs is 3. The predicted octanol–water partition coefficient (Wildman–Crippen LogP) is 3.37. The minimum absolute atomic E-state index is 0.273. The van der Waals surface area contributed by atoms with Crippen LogP contribution >= 0.6 is 0 Å². The first-order valence-corrected chi connectivity index (χ1v) is 7.14. The zero-order valence-corrected chi connectivity index (χ0v) is 12.5. The summed E-state index contributed by atoms with van der Waals surface area (Å²) in [5.74, 6) is -0.273. The molecule has 1 aromatic carbocycles. The summed E-state index contributed by atoms with van der Waals surface area (Å²) in [7, 11) is 0. The van der Waals surface area contributed by atoms with Crippen LogP contribution in [0.4, 0.5) is 0 Å². The molecule has 0 amide bonds. The van der Waals surface area contributed by atoms with Gasteiger partial charge in [-0.1, -0.05) is 12.1 Å². The van der Waals surface area contributed by atoms with E-state index < -0.39 is 0 Å². The van der Waals surface area contributed by atoms with E-state index in [9.17, 15) is 4.79 Å². The maximum Gasteiger partial charge on any atom is 0.404 e. The highest BCUT2D eigenvalue weighted by atomic mass is 16.5. The van der Waals surface area contributed by atoms with E-state index in [2.05, 4.69) is 12.1 Å². The first kappa shape index (κ1) is 13.6. The van der Waals surface area contributed by atoms with Crippen molar-refractivity contribution < 1.29 is 13.9 Å². The van der Waals surface area contributed by atoms with Gasteiger partial charge in [-0.05, 0) is 38.5 Å². The smallest absolute Gasteiger partial charge is 0.404 e. The number of ether oxygens (including phenoxy) is 1. The van der Waals surface area contributed by atoms with Crippen molar-refractivity contribution in [1.29, 1.82) is 0 Å². The van der Waals surface area contributed by atoms with Crippen molar-refractivity contribution in [2.45, 2.75) is 20.8 Å². The minimum Gasteiger partial charge on any atom is -0.458 e. The van der Waals surface area contributed by atoms with E-state index in [1.807, 2.05) is 55.5 Å². The first-order valence-electron chi connectivity index (χ1n) is 7.14. The van der Waals surface area contributed by atoms with Crippen molar-refractivity contribution in [2.24, 2.45) is 0 Å². The normalized spacial score (nSPS) is 11.0. The third-order valence-corrected chi connectivity index (χ3v) is 3.87. The Morgan fingerprint density at radius 2 is 1.90 bits per heavy atom. The summed E-state index contributed by atoms with van der Waals surface area (Å²) in [4.78, 5) is 12.4. The molecule has 0 unspecified atom stereocenters. The highest BCUT2D eigenvalue weighted by molar-refractivity contribution is 5.89. The van der Waals surface area contributed by atoms with Crippen molar-refractivity contribution in [1.82, 2.24) is 0 Å². The van der Waals surface area contributed by atoms with Gasteiger partial charge in [0.1, 0.15) is 0 Å². The molecule has 0 aliphatic rings. The van der Waals surface area contributed by atoms with E-state index in [1.54, 1.807) is 0 Å². The lowest BCUT2D eigenvalue weighted by atomic mass is 10.1. The van der Waals surface area contributed by atoms with Crippen molar-refractivity contribution in [2.75, 3.05) is 6.61 Å². The standard InChI is InChI=1S/C18H18NO2/c1-4-21-18(20)17-13(3)12(2)11-15-10-9-14-7-5-6-8-16(14)19(15)17/h5-11H,4H2,1-3H3/q+1. The number of carbonyl (C=O) groups excluding carboxylic acids is 1. The van der Waals surface area contributed by atoms with Crippen LogP contribution in [-0.4, -0.2) is 12.6 Å². The van der Waals surface area contributed by atoms with Gasteiger partial charge in [-0.2, -0.15) is 0 Å². The molecule has 0 aliphatic carbocycles. The number of aromatic nitrogens is 1. The molecule has 2 heterocycles. The second-order valence-electron chi connectivity index (χ2n) is 5.17. The summed E-state index contributed by atoms with van der Waals surface area (Å²) >= 11 is 0. The number of benzene rings is 1. The SMILES string of the molecule is CCOC(=O)c1c(C)c(C)cc2ccc3ccccc3[n+]12. The average molecular weight is 280 g/mol. The molecular formula is C18H18NO2+. The van der Waals surface area contributed by atoms with Gasteiger partial charge in [-0.25, -0.2) is 4.79 Å². The van der Waals surface area contributed by atoms with Gasteiger partial charge in [0.05, 0.1) is 6.61 Å². The van der Waals surface area contributed by atoms with E-state index in [1.165, 1.54) is 0 Å². The van der Waals surface area contributed by atoms with Gasteiger partial charge in [0.25, 0.3) is 0 Å². The number of rotatable bonds is 2. The molecule has 3 heteroatoms. The zero-order valence-electron chi connectivity index (χ0n) is 12.5. The summed E-state index contributed by atoms with van der Waals surface area (Å²) in [5.41, 5.74) is 4.68. The number of nitrogens with zero attached hydrogens (tertiary/aromatic N) is 1. The van der Waals surface area contributed by atoms with Crippen LogP contribution in [0.5, 0.6) is 0 Å². The van der Waals surface area contributed by atoms with Gasteiger partial charge >= 0.3 is 11.7 Å². The summed E-state index contributed by atoms with van der Waals surface area (Å²) in [6.07, 6.45) is 0. The molecule has 3 rings (SSSR count). The molecule has 0 fully saturated rings. The molecule has 106 valence electrons. The van der Waals surface area contributed by atoms with E-state index >= 15 is 0 Å². The third-order valence-electron chi connectivity index (χ3n) is 3.87. The predicted molar refractivity (Wildman–Crippen MR) is 82.5 cm³/mol. The fourth-order valence-corrected chi connectivity index (χ4v) is 2.71. The molecule has 3 nitrogen and oxygen atoms in total. The fourth-order valence-electron chi connectivity index (χ4n) is 2.71. The van der Waals surface area contributed by atoms with Crippen LogP contribution in [0.1, 0.15) is 28.5 Å². The van der Waals surface area contributed by atoms with Gasteiger partial charge in [-0.15, -0.1) is 4.40 Å². The lowest BCUT2D eigenvalue weighted by Crippen LogP contribution is -2.34. The van der Waals surface area contributed by atoms with E-state index in [4.69, 9.17) is 4.74 Å². The molecule has 0 saturated carbocycles. The Balaban J connectivity index is 2.49. The Morgan fingerprint density at radius 1 is 1.14 bits per heavy atom. The second-order valence-corrected chi connectivity index (χ2v) is 5.17. The number of hydrogen-bond acceptors (Lipinski definition) is 2. The van der Waals surface area contributed by atoms with E-state index in [0.717, 1.165) is 27.5 Å². The maximum absolute atomic E-state index is 12.4. The monoisotopic (exact) mass is 280 g/mol. The molecule has 0 saturated heterocycles. The van der Waals surface area contributed by atoms with Crippen molar-refractivity contribution in [3.8, 4) is 0 Å². The van der Waals surface area contributed by atoms with Crippen molar-refractivity contribution in [3.05, 3.63) is 59.3 Å². The topological polar surface area (TPSA) is 30.4 Å².